The summed E-state index contributed by atoms with van der Waals surface area (Å²) < 4.78 is 39.9. The molecule has 5 rings (SSSR count). The molecule has 0 aromatic rings. The van der Waals surface area contributed by atoms with Crippen LogP contribution in [0.4, 0.5) is 0 Å². The lowest BCUT2D eigenvalue weighted by molar-refractivity contribution is -0.167. The lowest BCUT2D eigenvalue weighted by Crippen LogP contribution is -2.21. The van der Waals surface area contributed by atoms with Gasteiger partial charge in [-0.2, -0.15) is 0 Å². The molecular formula is C33H76O8. The number of rotatable bonds is 0. The molecule has 0 amide bonds. The Hall–Kier alpha value is -0.320. The molecule has 0 bridgehead atoms. The Morgan fingerprint density at radius 3 is 1.00 bits per heavy atom. The van der Waals surface area contributed by atoms with E-state index < -0.39 is 0 Å². The van der Waals surface area contributed by atoms with Crippen LogP contribution in [-0.2, 0) is 37.9 Å². The topological polar surface area (TPSA) is 73.8 Å². The first kappa shape index (κ1) is 50.3. The third-order valence-corrected chi connectivity index (χ3v) is 4.89. The molecule has 0 aromatic carbocycles. The lowest BCUT2D eigenvalue weighted by atomic mass is 10.2. The van der Waals surface area contributed by atoms with Gasteiger partial charge in [-0.1, -0.05) is 76.2 Å². The third-order valence-electron chi connectivity index (χ3n) is 4.89. The molecule has 3 atom stereocenters. The average molecular weight is 601 g/mol. The fourth-order valence-corrected chi connectivity index (χ4v) is 2.90. The van der Waals surface area contributed by atoms with E-state index in [1.54, 1.807) is 0 Å². The molecular weight excluding hydrogens is 524 g/mol. The number of hydrogen-bond donors (Lipinski definition) is 0. The van der Waals surface area contributed by atoms with Crippen LogP contribution >= 0.6 is 0 Å². The van der Waals surface area contributed by atoms with Crippen LogP contribution in [0.5, 0.6) is 0 Å². The normalized spacial score (nSPS) is 23.9. The molecule has 3 unspecified atom stereocenters. The molecule has 5 heterocycles. The van der Waals surface area contributed by atoms with Crippen LogP contribution in [0.15, 0.2) is 0 Å². The van der Waals surface area contributed by atoms with Crippen LogP contribution in [0.25, 0.3) is 0 Å². The maximum Gasteiger partial charge on any atom is 0.155 e. The summed E-state index contributed by atoms with van der Waals surface area (Å²) in [5, 5.41) is 0. The van der Waals surface area contributed by atoms with E-state index in [2.05, 4.69) is 13.8 Å². The molecule has 5 aliphatic rings. The van der Waals surface area contributed by atoms with Crippen molar-refractivity contribution in [2.75, 3.05) is 59.6 Å². The van der Waals surface area contributed by atoms with Crippen molar-refractivity contribution in [2.45, 2.75) is 154 Å². The van der Waals surface area contributed by atoms with Gasteiger partial charge in [0.15, 0.2) is 12.6 Å². The maximum absolute atomic E-state index is 5.15. The fraction of sp³-hybridized carbons (Fsp3) is 1.00. The highest BCUT2D eigenvalue weighted by molar-refractivity contribution is 4.56. The summed E-state index contributed by atoms with van der Waals surface area (Å²) in [6.07, 6.45) is 5.79. The predicted molar refractivity (Wildman–Crippen MR) is 175 cm³/mol. The summed E-state index contributed by atoms with van der Waals surface area (Å²) in [5.41, 5.74) is 0. The summed E-state index contributed by atoms with van der Waals surface area (Å²) in [6, 6.07) is 0. The maximum atomic E-state index is 5.15. The first-order valence-electron chi connectivity index (χ1n) is 16.8. The van der Waals surface area contributed by atoms with Crippen LogP contribution in [0.3, 0.4) is 0 Å². The quantitative estimate of drug-likeness (QED) is 0.273. The standard InChI is InChI=1S/C5H10O2.2C5H10O.2C4H8O2.5C2H6/c1-5-6-3-2-4-7-5;1-5-2-3-6-4-5;1-5-3-2-4-6-5;1-4-2-5-3-6-4;1-4-5-2-3-6-4;5*1-2/h5H,2-4H2,1H3;2*5H,2-4H2,1H3;2*4H,2-3H2,1H3;5*1-2H3. The molecule has 0 radical (unpaired) electrons. The van der Waals surface area contributed by atoms with Crippen LogP contribution in [-0.4, -0.2) is 84.4 Å². The zero-order valence-corrected chi connectivity index (χ0v) is 30.3. The van der Waals surface area contributed by atoms with Gasteiger partial charge >= 0.3 is 0 Å². The molecule has 0 saturated carbocycles. The highest BCUT2D eigenvalue weighted by atomic mass is 16.7. The Morgan fingerprint density at radius 1 is 0.390 bits per heavy atom. The Balaban J connectivity index is -0.000000122. The van der Waals surface area contributed by atoms with E-state index in [9.17, 15) is 0 Å². The minimum absolute atomic E-state index is 0.0359. The van der Waals surface area contributed by atoms with Crippen molar-refractivity contribution in [3.63, 3.8) is 0 Å². The van der Waals surface area contributed by atoms with Crippen molar-refractivity contribution < 1.29 is 37.9 Å². The van der Waals surface area contributed by atoms with Gasteiger partial charge in [-0.25, -0.2) is 0 Å². The second kappa shape index (κ2) is 46.6. The van der Waals surface area contributed by atoms with E-state index in [-0.39, 0.29) is 12.6 Å². The van der Waals surface area contributed by atoms with Crippen LogP contribution < -0.4 is 0 Å². The lowest BCUT2D eigenvalue weighted by Gasteiger charge is -2.18. The van der Waals surface area contributed by atoms with E-state index in [0.29, 0.717) is 19.0 Å². The predicted octanol–water partition coefficient (Wildman–Crippen LogP) is 8.89. The van der Waals surface area contributed by atoms with E-state index >= 15 is 0 Å². The van der Waals surface area contributed by atoms with Crippen molar-refractivity contribution in [3.8, 4) is 0 Å². The summed E-state index contributed by atoms with van der Waals surface area (Å²) in [5.74, 6) is 0.824. The minimum Gasteiger partial charge on any atom is -0.381 e. The first-order chi connectivity index (χ1) is 20.0. The minimum atomic E-state index is 0.0359. The van der Waals surface area contributed by atoms with E-state index in [1.807, 2.05) is 90.0 Å². The second-order valence-electron chi connectivity index (χ2n) is 8.23. The van der Waals surface area contributed by atoms with Crippen molar-refractivity contribution in [3.05, 3.63) is 0 Å². The van der Waals surface area contributed by atoms with Gasteiger partial charge in [0.1, 0.15) is 6.79 Å². The van der Waals surface area contributed by atoms with Crippen molar-refractivity contribution in [1.82, 2.24) is 0 Å². The highest BCUT2D eigenvalue weighted by Crippen LogP contribution is 2.09. The molecule has 0 aromatic heterocycles. The summed E-state index contributed by atoms with van der Waals surface area (Å²) >= 11 is 0. The van der Waals surface area contributed by atoms with Crippen molar-refractivity contribution in [2.24, 2.45) is 5.92 Å². The Kier molecular flexibility index (Phi) is 57.2. The molecule has 5 saturated heterocycles. The number of ether oxygens (including phenoxy) is 8. The molecule has 0 spiro atoms. The largest absolute Gasteiger partial charge is 0.381 e. The Labute approximate surface area is 257 Å². The molecule has 8 nitrogen and oxygen atoms in total. The van der Waals surface area contributed by atoms with Gasteiger partial charge in [-0.3, -0.25) is 0 Å². The summed E-state index contributed by atoms with van der Waals surface area (Å²) in [6.45, 7) is 37.6. The molecule has 0 N–H and O–H groups in total. The van der Waals surface area contributed by atoms with Gasteiger partial charge in [-0.15, -0.1) is 0 Å². The Morgan fingerprint density at radius 2 is 0.854 bits per heavy atom. The zero-order chi connectivity index (χ0) is 32.7. The fourth-order valence-electron chi connectivity index (χ4n) is 2.90. The summed E-state index contributed by atoms with van der Waals surface area (Å²) in [4.78, 5) is 0. The monoisotopic (exact) mass is 601 g/mol. The van der Waals surface area contributed by atoms with Gasteiger partial charge in [0, 0.05) is 19.8 Å². The average Bonchev–Trinajstić information content (AvgIpc) is 3.88. The molecule has 0 aliphatic carbocycles. The van der Waals surface area contributed by atoms with E-state index in [1.165, 1.54) is 19.3 Å². The van der Waals surface area contributed by atoms with Crippen molar-refractivity contribution in [1.29, 1.82) is 0 Å². The van der Waals surface area contributed by atoms with Crippen LogP contribution in [0.2, 0.25) is 0 Å². The Bertz CT molecular complexity index is 315. The third kappa shape index (κ3) is 44.3. The van der Waals surface area contributed by atoms with Crippen molar-refractivity contribution >= 4 is 0 Å². The van der Waals surface area contributed by atoms with Gasteiger partial charge in [0.05, 0.1) is 45.2 Å². The SMILES string of the molecule is CC.CC.CC.CC.CC.CC1CCCO1.CC1CCOC1.CC1COCO1.CC1OCCCO1.CC1OCCO1. The van der Waals surface area contributed by atoms with E-state index in [0.717, 1.165) is 65.2 Å². The summed E-state index contributed by atoms with van der Waals surface area (Å²) in [7, 11) is 0. The smallest absolute Gasteiger partial charge is 0.155 e. The second-order valence-corrected chi connectivity index (χ2v) is 8.23. The van der Waals surface area contributed by atoms with Crippen LogP contribution in [0, 0.1) is 5.92 Å². The molecule has 256 valence electrons. The van der Waals surface area contributed by atoms with Gasteiger partial charge < -0.3 is 37.9 Å². The first-order valence-corrected chi connectivity index (χ1v) is 16.8. The zero-order valence-electron chi connectivity index (χ0n) is 30.3. The molecule has 8 heteroatoms. The number of hydrogen-bond acceptors (Lipinski definition) is 8. The molecule has 5 fully saturated rings. The van der Waals surface area contributed by atoms with E-state index in [4.69, 9.17) is 37.9 Å². The van der Waals surface area contributed by atoms with Crippen LogP contribution in [0.1, 0.15) is 130 Å². The molecule has 41 heavy (non-hydrogen) atoms. The highest BCUT2D eigenvalue weighted by Gasteiger charge is 2.09. The molecule has 5 aliphatic heterocycles. The van der Waals surface area contributed by atoms with Gasteiger partial charge in [0.2, 0.25) is 0 Å². The van der Waals surface area contributed by atoms with Gasteiger partial charge in [0.25, 0.3) is 0 Å². The van der Waals surface area contributed by atoms with Gasteiger partial charge in [-0.05, 0) is 59.3 Å².